The van der Waals surface area contributed by atoms with Crippen LogP contribution >= 0.6 is 35.7 Å². The number of hydrogen-bond donors (Lipinski definition) is 0. The van der Waals surface area contributed by atoms with Gasteiger partial charge in [-0.25, -0.2) is 9.59 Å². The molecule has 2 aromatic carbocycles. The third-order valence-electron chi connectivity index (χ3n) is 7.05. The first kappa shape index (κ1) is 32.8. The summed E-state index contributed by atoms with van der Waals surface area (Å²) in [5.74, 6) is -0.774. The smallest absolute Gasteiger partial charge is 0.346 e. The predicted molar refractivity (Wildman–Crippen MR) is 179 cm³/mol. The van der Waals surface area contributed by atoms with Crippen molar-refractivity contribution in [3.05, 3.63) is 73.2 Å². The molecule has 0 radical (unpaired) electrons. The van der Waals surface area contributed by atoms with Crippen LogP contribution in [0, 0.1) is 0 Å². The summed E-state index contributed by atoms with van der Waals surface area (Å²) in [7, 11) is 0. The van der Waals surface area contributed by atoms with Crippen molar-refractivity contribution in [1.29, 1.82) is 0 Å². The Morgan fingerprint density at radius 3 is 1.91 bits per heavy atom. The highest BCUT2D eigenvalue weighted by molar-refractivity contribution is 8.29. The lowest BCUT2D eigenvalue weighted by Gasteiger charge is -2.45. The maximum Gasteiger partial charge on any atom is 0.346 e. The van der Waals surface area contributed by atoms with Gasteiger partial charge in [-0.15, -0.1) is 0 Å². The summed E-state index contributed by atoms with van der Waals surface area (Å²) in [6.45, 7) is 16.3. The number of hydrogen-bond acceptors (Lipinski definition) is 9. The molecule has 43 heavy (non-hydrogen) atoms. The van der Waals surface area contributed by atoms with Crippen LogP contribution in [0.1, 0.15) is 76.9 Å². The Balaban J connectivity index is 1.89. The highest BCUT2D eigenvalue weighted by atomic mass is 32.2. The SMILES string of the molecule is CCOC(=O)C1=C(C(=O)OCC)SC(=C2C(=S)C(C)(C)N(C(=O)c3ccc(C(C)(C)C)cc3)c3ccc(OCC)cc32)S1. The van der Waals surface area contributed by atoms with Crippen LogP contribution in [-0.2, 0) is 24.5 Å². The molecule has 2 aliphatic rings. The molecule has 2 aromatic rings. The van der Waals surface area contributed by atoms with Crippen LogP contribution in [0.2, 0.25) is 0 Å². The Kier molecular flexibility index (Phi) is 9.83. The van der Waals surface area contributed by atoms with E-state index in [-0.39, 0.29) is 34.3 Å². The summed E-state index contributed by atoms with van der Waals surface area (Å²) in [5.41, 5.74) is 2.68. The van der Waals surface area contributed by atoms with Gasteiger partial charge in [0.25, 0.3) is 5.91 Å². The molecule has 7 nitrogen and oxygen atoms in total. The number of anilines is 1. The zero-order valence-corrected chi connectivity index (χ0v) is 28.2. The third-order valence-corrected chi connectivity index (χ3v) is 10.3. The zero-order valence-electron chi connectivity index (χ0n) is 25.8. The van der Waals surface area contributed by atoms with Gasteiger partial charge in [-0.1, -0.05) is 68.6 Å². The Hall–Kier alpha value is -3.08. The molecule has 0 N–H and O–H groups in total. The molecule has 0 saturated carbocycles. The monoisotopic (exact) mass is 639 g/mol. The molecule has 10 heteroatoms. The molecule has 1 amide bonds. The largest absolute Gasteiger partial charge is 0.494 e. The standard InChI is InChI=1S/C33H37NO6S3/c1-9-38-21-16-17-23-22(18-21)24(31-42-25(29(36)39-10-2)26(43-31)30(37)40-11-3)27(41)33(7,8)34(23)28(35)19-12-14-20(15-13-19)32(4,5)6/h12-18H,9-11H2,1-8H3. The van der Waals surface area contributed by atoms with Crippen LogP contribution in [0.4, 0.5) is 5.69 Å². The number of carbonyl (C=O) groups is 3. The number of ether oxygens (including phenoxy) is 3. The van der Waals surface area contributed by atoms with Gasteiger partial charge in [-0.3, -0.25) is 9.69 Å². The molecule has 0 aliphatic carbocycles. The maximum atomic E-state index is 14.2. The van der Waals surface area contributed by atoms with Crippen LogP contribution in [0.3, 0.4) is 0 Å². The van der Waals surface area contributed by atoms with E-state index in [1.807, 2.05) is 63.2 Å². The first-order valence-electron chi connectivity index (χ1n) is 14.2. The molecule has 2 aliphatic heterocycles. The maximum absolute atomic E-state index is 14.2. The molecule has 228 valence electrons. The number of esters is 2. The summed E-state index contributed by atoms with van der Waals surface area (Å²) in [4.78, 5) is 42.6. The van der Waals surface area contributed by atoms with E-state index in [2.05, 4.69) is 20.8 Å². The summed E-state index contributed by atoms with van der Waals surface area (Å²) in [5, 5.41) is 0. The Labute approximate surface area is 267 Å². The second-order valence-electron chi connectivity index (χ2n) is 11.4. The normalized spacial score (nSPS) is 16.3. The van der Waals surface area contributed by atoms with Crippen molar-refractivity contribution in [2.45, 2.75) is 66.3 Å². The number of carbonyl (C=O) groups excluding carboxylic acids is 3. The van der Waals surface area contributed by atoms with Crippen LogP contribution in [-0.4, -0.2) is 48.1 Å². The number of fused-ring (bicyclic) bond motifs is 1. The van der Waals surface area contributed by atoms with Gasteiger partial charge in [0.15, 0.2) is 0 Å². The van der Waals surface area contributed by atoms with Crippen molar-refractivity contribution in [2.24, 2.45) is 0 Å². The van der Waals surface area contributed by atoms with E-state index in [4.69, 9.17) is 26.4 Å². The fraction of sp³-hybridized carbons (Fsp3) is 0.394. The number of rotatable bonds is 7. The van der Waals surface area contributed by atoms with Crippen molar-refractivity contribution in [3.63, 3.8) is 0 Å². The quantitative estimate of drug-likeness (QED) is 0.172. The first-order chi connectivity index (χ1) is 20.3. The summed E-state index contributed by atoms with van der Waals surface area (Å²) in [6.07, 6.45) is 0. The van der Waals surface area contributed by atoms with E-state index in [0.29, 0.717) is 43.8 Å². The van der Waals surface area contributed by atoms with Crippen molar-refractivity contribution in [2.75, 3.05) is 24.7 Å². The lowest BCUT2D eigenvalue weighted by Crippen LogP contribution is -2.56. The van der Waals surface area contributed by atoms with Crippen LogP contribution in [0.25, 0.3) is 5.57 Å². The van der Waals surface area contributed by atoms with Crippen molar-refractivity contribution in [3.8, 4) is 5.75 Å². The van der Waals surface area contributed by atoms with E-state index in [1.54, 1.807) is 18.7 Å². The number of thiocarbonyl (C=S) groups is 1. The number of nitrogens with zero attached hydrogens (tertiary/aromatic N) is 1. The van der Waals surface area contributed by atoms with E-state index >= 15 is 0 Å². The average Bonchev–Trinajstić information content (AvgIpc) is 3.39. The van der Waals surface area contributed by atoms with E-state index < -0.39 is 17.5 Å². The minimum absolute atomic E-state index is 0.0492. The second-order valence-corrected chi connectivity index (χ2v) is 14.1. The van der Waals surface area contributed by atoms with E-state index in [1.165, 1.54) is 0 Å². The second kappa shape index (κ2) is 12.9. The fourth-order valence-electron chi connectivity index (χ4n) is 4.87. The lowest BCUT2D eigenvalue weighted by atomic mass is 9.82. The van der Waals surface area contributed by atoms with Gasteiger partial charge < -0.3 is 14.2 Å². The Bertz CT molecular complexity index is 1500. The molecule has 0 fully saturated rings. The highest BCUT2D eigenvalue weighted by Crippen LogP contribution is 2.56. The van der Waals surface area contributed by atoms with Gasteiger partial charge in [0.05, 0.1) is 40.1 Å². The van der Waals surface area contributed by atoms with Crippen molar-refractivity contribution < 1.29 is 28.6 Å². The van der Waals surface area contributed by atoms with Crippen molar-refractivity contribution in [1.82, 2.24) is 0 Å². The number of thioether (sulfide) groups is 2. The van der Waals surface area contributed by atoms with Gasteiger partial charge in [0, 0.05) is 16.7 Å². The molecule has 0 aromatic heterocycles. The molecular formula is C33H37NO6S3. The minimum Gasteiger partial charge on any atom is -0.494 e. The zero-order chi connectivity index (χ0) is 31.7. The first-order valence-corrected chi connectivity index (χ1v) is 16.3. The van der Waals surface area contributed by atoms with Gasteiger partial charge in [-0.05, 0) is 75.9 Å². The molecule has 2 heterocycles. The summed E-state index contributed by atoms with van der Waals surface area (Å²) < 4.78 is 17.0. The molecule has 0 saturated heterocycles. The third kappa shape index (κ3) is 6.42. The molecule has 0 bridgehead atoms. The molecular weight excluding hydrogens is 603 g/mol. The number of amides is 1. The van der Waals surface area contributed by atoms with Crippen LogP contribution in [0.15, 0.2) is 56.5 Å². The van der Waals surface area contributed by atoms with E-state index in [9.17, 15) is 14.4 Å². The Morgan fingerprint density at radius 1 is 0.860 bits per heavy atom. The van der Waals surface area contributed by atoms with Crippen LogP contribution < -0.4 is 9.64 Å². The molecule has 4 rings (SSSR count). The van der Waals surface area contributed by atoms with Gasteiger partial charge >= 0.3 is 11.9 Å². The van der Waals surface area contributed by atoms with Crippen molar-refractivity contribution >= 4 is 69.7 Å². The molecule has 0 atom stereocenters. The van der Waals surface area contributed by atoms with Gasteiger partial charge in [0.1, 0.15) is 15.6 Å². The van der Waals surface area contributed by atoms with Gasteiger partial charge in [0.2, 0.25) is 0 Å². The molecule has 0 unspecified atom stereocenters. The lowest BCUT2D eigenvalue weighted by molar-refractivity contribution is -0.140. The predicted octanol–water partition coefficient (Wildman–Crippen LogP) is 7.68. The average molecular weight is 640 g/mol. The van der Waals surface area contributed by atoms with Crippen LogP contribution in [0.5, 0.6) is 5.75 Å². The highest BCUT2D eigenvalue weighted by Gasteiger charge is 2.46. The summed E-state index contributed by atoms with van der Waals surface area (Å²) >= 11 is 8.42. The fourth-order valence-corrected chi connectivity index (χ4v) is 7.85. The molecule has 0 spiro atoms. The minimum atomic E-state index is -0.935. The van der Waals surface area contributed by atoms with E-state index in [0.717, 1.165) is 29.1 Å². The summed E-state index contributed by atoms with van der Waals surface area (Å²) in [6, 6.07) is 13.2. The number of benzene rings is 2. The topological polar surface area (TPSA) is 82.1 Å². The Morgan fingerprint density at radius 2 is 1.42 bits per heavy atom. The van der Waals surface area contributed by atoms with Gasteiger partial charge in [-0.2, -0.15) is 0 Å².